The van der Waals surface area contributed by atoms with Crippen molar-refractivity contribution < 1.29 is 59.1 Å². The molecule has 16 atom stereocenters. The van der Waals surface area contributed by atoms with Crippen LogP contribution in [-0.2, 0) is 28.4 Å². The van der Waals surface area contributed by atoms with Gasteiger partial charge in [0, 0.05) is 18.6 Å². The summed E-state index contributed by atoms with van der Waals surface area (Å²) in [6.45, 7) is -1.11. The summed E-state index contributed by atoms with van der Waals surface area (Å²) in [5.74, 6) is 0.267. The summed E-state index contributed by atoms with van der Waals surface area (Å²) in [5, 5.41) is 61.8. The van der Waals surface area contributed by atoms with Crippen molar-refractivity contribution in [3.63, 3.8) is 0 Å². The highest BCUT2D eigenvalue weighted by molar-refractivity contribution is 5.04. The van der Waals surface area contributed by atoms with Crippen molar-refractivity contribution in [1.82, 2.24) is 0 Å². The zero-order chi connectivity index (χ0) is 29.3. The van der Waals surface area contributed by atoms with Gasteiger partial charge in [-0.25, -0.2) is 0 Å². The maximum atomic E-state index is 11.1. The molecule has 0 aromatic rings. The third-order valence-electron chi connectivity index (χ3n) is 7.78. The quantitative estimate of drug-likeness (QED) is 0.120. The molecule has 0 aromatic heterocycles. The highest BCUT2D eigenvalue weighted by atomic mass is 16.8. The van der Waals surface area contributed by atoms with E-state index in [0.717, 1.165) is 0 Å². The van der Waals surface area contributed by atoms with Crippen LogP contribution in [0.4, 0.5) is 0 Å². The van der Waals surface area contributed by atoms with Crippen molar-refractivity contribution in [1.29, 1.82) is 0 Å². The molecule has 1 unspecified atom stereocenters. The van der Waals surface area contributed by atoms with Gasteiger partial charge in [-0.3, -0.25) is 0 Å². The average Bonchev–Trinajstić information content (AvgIpc) is 3.23. The van der Waals surface area contributed by atoms with Crippen LogP contribution >= 0.6 is 0 Å². The number of rotatable bonds is 9. The molecule has 0 aromatic carbocycles. The molecule has 1 aliphatic carbocycles. The van der Waals surface area contributed by atoms with Gasteiger partial charge in [0.1, 0.15) is 61.2 Å². The molecule has 0 amide bonds. The van der Waals surface area contributed by atoms with Crippen LogP contribution in [0.3, 0.4) is 0 Å². The predicted octanol–water partition coefficient (Wildman–Crippen LogP) is -6.68. The van der Waals surface area contributed by atoms with Gasteiger partial charge in [-0.2, -0.15) is 0 Å². The molecule has 2 saturated heterocycles. The van der Waals surface area contributed by atoms with Crippen LogP contribution in [0.15, 0.2) is 11.8 Å². The number of hydrogen-bond donors (Lipinski definition) is 11. The Morgan fingerprint density at radius 3 is 2.02 bits per heavy atom. The third kappa shape index (κ3) is 6.45. The predicted molar refractivity (Wildman–Crippen MR) is 133 cm³/mol. The minimum atomic E-state index is -1.55. The van der Waals surface area contributed by atoms with E-state index in [1.165, 1.54) is 0 Å². The van der Waals surface area contributed by atoms with E-state index >= 15 is 0 Å². The second-order valence-corrected chi connectivity index (χ2v) is 10.6. The van der Waals surface area contributed by atoms with Gasteiger partial charge in [-0.15, -0.1) is 0 Å². The highest BCUT2D eigenvalue weighted by Crippen LogP contribution is 2.34. The summed E-state index contributed by atoms with van der Waals surface area (Å²) in [6.07, 6.45) is -12.9. The Bertz CT molecular complexity index is 859. The molecule has 17 nitrogen and oxygen atoms in total. The molecule has 4 rings (SSSR count). The lowest BCUT2D eigenvalue weighted by molar-refractivity contribution is -0.282. The number of ether oxygens (including phenoxy) is 6. The van der Waals surface area contributed by atoms with E-state index in [1.54, 1.807) is 6.08 Å². The smallest absolute Gasteiger partial charge is 0.215 e. The molecule has 0 radical (unpaired) electrons. The fourth-order valence-electron chi connectivity index (χ4n) is 5.37. The van der Waals surface area contributed by atoms with Gasteiger partial charge >= 0.3 is 0 Å². The first-order valence-corrected chi connectivity index (χ1v) is 13.3. The molecule has 1 saturated carbocycles. The molecule has 17 heteroatoms. The fourth-order valence-corrected chi connectivity index (χ4v) is 5.37. The van der Waals surface area contributed by atoms with Gasteiger partial charge in [0.05, 0.1) is 24.8 Å². The van der Waals surface area contributed by atoms with E-state index in [1.807, 2.05) is 0 Å². The Balaban J connectivity index is 1.48. The molecular weight excluding hydrogens is 538 g/mol. The Kier molecular flexibility index (Phi) is 10.7. The van der Waals surface area contributed by atoms with Gasteiger partial charge in [-0.1, -0.05) is 0 Å². The molecule has 16 N–H and O–H groups in total. The average molecular weight is 582 g/mol. The largest absolute Gasteiger partial charge is 0.465 e. The van der Waals surface area contributed by atoms with Crippen LogP contribution in [0, 0.1) is 0 Å². The van der Waals surface area contributed by atoms with Crippen LogP contribution in [0.1, 0.15) is 12.8 Å². The topological polar surface area (TPSA) is 307 Å². The molecule has 40 heavy (non-hydrogen) atoms. The molecule has 3 aliphatic heterocycles. The summed E-state index contributed by atoms with van der Waals surface area (Å²) in [7, 11) is 0. The van der Waals surface area contributed by atoms with E-state index in [2.05, 4.69) is 0 Å². The molecular formula is C23H43N5O12. The molecule has 232 valence electrons. The van der Waals surface area contributed by atoms with Crippen LogP contribution in [0.25, 0.3) is 0 Å². The maximum absolute atomic E-state index is 11.1. The Labute approximate surface area is 230 Å². The second-order valence-electron chi connectivity index (χ2n) is 10.6. The van der Waals surface area contributed by atoms with Crippen molar-refractivity contribution in [2.75, 3.05) is 19.8 Å². The normalized spacial score (nSPS) is 49.9. The standard InChI is InChI=1S/C23H43N5O12/c24-4-11-15(32)16(33)13(28)22(36-11)39-19-12(6-30)37-23(17(19)34)40-20-14(31)9(26)3-10(27)18(20)38-21-8(25)2-1-7(5-29)35-21/h1,8-23,29-34H,2-6,24-28H2/t8-,9-,10+,11?,12-,13-,14+,15-,16-,17-,18-,19-,20-,21-,22-,23+/m1/s1. The van der Waals surface area contributed by atoms with Crippen molar-refractivity contribution in [3.8, 4) is 0 Å². The maximum Gasteiger partial charge on any atom is 0.215 e. The molecule has 4 aliphatic rings. The zero-order valence-corrected chi connectivity index (χ0v) is 21.9. The number of aliphatic hydroxyl groups is 6. The van der Waals surface area contributed by atoms with E-state index < -0.39 is 105 Å². The van der Waals surface area contributed by atoms with E-state index in [9.17, 15) is 30.6 Å². The van der Waals surface area contributed by atoms with Crippen molar-refractivity contribution in [3.05, 3.63) is 11.8 Å². The van der Waals surface area contributed by atoms with Crippen LogP contribution in [0.2, 0.25) is 0 Å². The van der Waals surface area contributed by atoms with Gasteiger partial charge in [0.15, 0.2) is 12.6 Å². The van der Waals surface area contributed by atoms with Crippen LogP contribution in [0.5, 0.6) is 0 Å². The summed E-state index contributed by atoms with van der Waals surface area (Å²) >= 11 is 0. The van der Waals surface area contributed by atoms with E-state index in [-0.39, 0.29) is 25.3 Å². The molecule has 0 bridgehead atoms. The first-order valence-electron chi connectivity index (χ1n) is 13.3. The Morgan fingerprint density at radius 1 is 0.725 bits per heavy atom. The van der Waals surface area contributed by atoms with E-state index in [0.29, 0.717) is 6.42 Å². The number of nitrogens with two attached hydrogens (primary N) is 5. The summed E-state index contributed by atoms with van der Waals surface area (Å²) in [5.41, 5.74) is 30.1. The zero-order valence-electron chi connectivity index (χ0n) is 21.9. The summed E-state index contributed by atoms with van der Waals surface area (Å²) in [6, 6.07) is -3.36. The van der Waals surface area contributed by atoms with Crippen LogP contribution in [-0.4, -0.2) is 148 Å². The number of hydrogen-bond acceptors (Lipinski definition) is 17. The first kappa shape index (κ1) is 31.8. The molecule has 3 fully saturated rings. The minimum absolute atomic E-state index is 0.144. The van der Waals surface area contributed by atoms with Crippen molar-refractivity contribution >= 4 is 0 Å². The summed E-state index contributed by atoms with van der Waals surface area (Å²) < 4.78 is 34.7. The highest BCUT2D eigenvalue weighted by Gasteiger charge is 2.53. The fraction of sp³-hybridized carbons (Fsp3) is 0.913. The number of aliphatic hydroxyl groups excluding tert-OH is 6. The Morgan fingerprint density at radius 2 is 1.38 bits per heavy atom. The lowest BCUT2D eigenvalue weighted by atomic mass is 9.84. The van der Waals surface area contributed by atoms with Gasteiger partial charge in [-0.05, 0) is 18.9 Å². The lowest BCUT2D eigenvalue weighted by Gasteiger charge is -2.45. The van der Waals surface area contributed by atoms with Crippen molar-refractivity contribution in [2.45, 2.75) is 111 Å². The lowest BCUT2D eigenvalue weighted by Crippen LogP contribution is -2.65. The third-order valence-corrected chi connectivity index (χ3v) is 7.78. The van der Waals surface area contributed by atoms with Gasteiger partial charge < -0.3 is 87.7 Å². The monoisotopic (exact) mass is 581 g/mol. The first-order chi connectivity index (χ1) is 19.0. The van der Waals surface area contributed by atoms with Gasteiger partial charge in [0.25, 0.3) is 0 Å². The molecule has 0 spiro atoms. The van der Waals surface area contributed by atoms with Crippen LogP contribution < -0.4 is 28.7 Å². The van der Waals surface area contributed by atoms with Crippen molar-refractivity contribution in [2.24, 2.45) is 28.7 Å². The summed E-state index contributed by atoms with van der Waals surface area (Å²) in [4.78, 5) is 0. The Hall–Kier alpha value is -1.10. The van der Waals surface area contributed by atoms with E-state index in [4.69, 9.17) is 57.1 Å². The minimum Gasteiger partial charge on any atom is -0.465 e. The SMILES string of the molecule is NCC1O[C@H](O[C@H]2[C@@H](O)[C@H](O[C@@H]3[C@@H](O)[C@H](N)C[C@H](N)[C@H]3O[C@H]3OC(CO)=CC[C@H]3N)O[C@@H]2CO)[C@H](N)[C@@H](O)[C@@H]1O. The second kappa shape index (κ2) is 13.5. The van der Waals surface area contributed by atoms with Gasteiger partial charge in [0.2, 0.25) is 6.29 Å². The molecule has 3 heterocycles.